The van der Waals surface area contributed by atoms with E-state index >= 15 is 0 Å². The summed E-state index contributed by atoms with van der Waals surface area (Å²) in [6.07, 6.45) is 57.0. The maximum Gasteiger partial charge on any atom is 0.110 e. The molecule has 4 atom stereocenters. The molecule has 0 saturated carbocycles. The van der Waals surface area contributed by atoms with Crippen molar-refractivity contribution in [3.05, 3.63) is 106 Å². The Kier molecular flexibility index (Phi) is 50.8. The summed E-state index contributed by atoms with van der Waals surface area (Å²) < 4.78 is 0. The van der Waals surface area contributed by atoms with E-state index in [1.165, 1.54) is 297 Å². The van der Waals surface area contributed by atoms with Crippen molar-refractivity contribution in [2.45, 2.75) is 362 Å². The Morgan fingerprint density at radius 1 is 0.419 bits per heavy atom. The maximum absolute atomic E-state index is 12.1. The number of fused-ring (bicyclic) bond motifs is 1. The number of hydrogen-bond acceptors (Lipinski definition) is 9. The van der Waals surface area contributed by atoms with Crippen LogP contribution in [0.2, 0.25) is 0 Å². The normalized spacial score (nSPS) is 13.3. The molecular weight excluding hydrogens is 1240 g/mol. The van der Waals surface area contributed by atoms with Crippen molar-refractivity contribution in [3.63, 3.8) is 0 Å². The first-order chi connectivity index (χ1) is 44.8. The molecule has 0 heterocycles. The quantitative estimate of drug-likeness (QED) is 0.0166. The summed E-state index contributed by atoms with van der Waals surface area (Å²) in [5, 5.41) is 72.0. The fourth-order valence-electron chi connectivity index (χ4n) is 12.7. The molecular formula is C83H134N2O7Pd-2. The summed E-state index contributed by atoms with van der Waals surface area (Å²) in [6.45, 7) is 14.8. The van der Waals surface area contributed by atoms with E-state index < -0.39 is 36.8 Å². The van der Waals surface area contributed by atoms with Crippen LogP contribution in [0.3, 0.4) is 0 Å². The molecule has 0 amide bonds. The number of allylic oxidation sites excluding steroid dienone is 2. The van der Waals surface area contributed by atoms with E-state index in [0.717, 1.165) is 42.8 Å². The van der Waals surface area contributed by atoms with Gasteiger partial charge in [-0.1, -0.05) is 295 Å². The Morgan fingerprint density at radius 2 is 0.796 bits per heavy atom. The van der Waals surface area contributed by atoms with Crippen LogP contribution in [0.1, 0.15) is 332 Å². The predicted molar refractivity (Wildman–Crippen MR) is 392 cm³/mol. The molecule has 4 rings (SSSR count). The van der Waals surface area contributed by atoms with Gasteiger partial charge in [0.05, 0.1) is 35.5 Å². The van der Waals surface area contributed by atoms with Gasteiger partial charge in [-0.25, -0.2) is 4.99 Å². The van der Waals surface area contributed by atoms with Crippen molar-refractivity contribution in [2.24, 2.45) is 9.98 Å². The van der Waals surface area contributed by atoms with E-state index in [4.69, 9.17) is 15.1 Å². The molecule has 530 valence electrons. The van der Waals surface area contributed by atoms with Crippen LogP contribution >= 0.6 is 0 Å². The van der Waals surface area contributed by atoms with Gasteiger partial charge in [0.2, 0.25) is 0 Å². The zero-order chi connectivity index (χ0) is 66.8. The second-order valence-corrected chi connectivity index (χ2v) is 27.2. The Labute approximate surface area is 582 Å². The van der Waals surface area contributed by atoms with Gasteiger partial charge in [-0.15, -0.1) is 11.5 Å². The van der Waals surface area contributed by atoms with Gasteiger partial charge in [0.15, 0.2) is 0 Å². The number of nitrogens with zero attached hydrogens (tertiary/aromatic N) is 2. The zero-order valence-electron chi connectivity index (χ0n) is 60.0. The van der Waals surface area contributed by atoms with Crippen LogP contribution in [0.15, 0.2) is 82.8 Å². The number of aliphatic hydroxyl groups excluding tert-OH is 5. The summed E-state index contributed by atoms with van der Waals surface area (Å²) in [5.74, 6) is -0.853. The molecule has 9 nitrogen and oxygen atoms in total. The summed E-state index contributed by atoms with van der Waals surface area (Å²) >= 11 is 0. The summed E-state index contributed by atoms with van der Waals surface area (Å²) in [7, 11) is 0. The van der Waals surface area contributed by atoms with Gasteiger partial charge in [-0.05, 0) is 153 Å². The van der Waals surface area contributed by atoms with Crippen molar-refractivity contribution in [2.75, 3.05) is 6.61 Å². The second-order valence-electron chi connectivity index (χ2n) is 27.2. The van der Waals surface area contributed by atoms with E-state index in [1.807, 2.05) is 0 Å². The molecule has 10 heteroatoms. The Balaban J connectivity index is 0.000000978. The van der Waals surface area contributed by atoms with Gasteiger partial charge < -0.3 is 35.7 Å². The summed E-state index contributed by atoms with van der Waals surface area (Å²) in [4.78, 5) is 11.1. The smallest absolute Gasteiger partial charge is 0.110 e. The molecule has 0 aliphatic rings. The Hall–Kier alpha value is -3.72. The van der Waals surface area contributed by atoms with Gasteiger partial charge in [0, 0.05) is 26.8 Å². The first kappa shape index (κ1) is 85.4. The average Bonchev–Trinajstić information content (AvgIpc) is 0.914. The van der Waals surface area contributed by atoms with E-state index in [9.17, 15) is 30.6 Å². The van der Waals surface area contributed by atoms with Crippen LogP contribution in [0.5, 0.6) is 11.5 Å². The SMILES string of the molecule is CCCCCCCCCCCCCCCCCCCCCCCCCCC=CC(=Nc1ccc(CCCC)c(CCCC)c1)C(CCCCCCCC)=Nc1ccc(CCCC)c(CCCC)c1.Cc1cc([O-])c2c([O-])cc(CC(O)C(O)C(O)C(O)CO)cc2c1.[Pd]. The molecule has 0 aliphatic heterocycles. The summed E-state index contributed by atoms with van der Waals surface area (Å²) in [6, 6.07) is 20.0. The number of benzene rings is 4. The first-order valence-corrected chi connectivity index (χ1v) is 38.1. The topological polar surface area (TPSA) is 172 Å². The van der Waals surface area contributed by atoms with Crippen molar-refractivity contribution in [3.8, 4) is 11.5 Å². The van der Waals surface area contributed by atoms with Crippen LogP contribution in [0.25, 0.3) is 10.8 Å². The molecule has 0 spiro atoms. The monoisotopic (exact) mass is 1380 g/mol. The fraction of sp³-hybridized carbons (Fsp3) is 0.687. The molecule has 0 radical (unpaired) electrons. The zero-order valence-corrected chi connectivity index (χ0v) is 61.6. The molecule has 93 heavy (non-hydrogen) atoms. The molecule has 0 bridgehead atoms. The average molecular weight is 1380 g/mol. The van der Waals surface area contributed by atoms with Gasteiger partial charge in [0.1, 0.15) is 18.3 Å². The third kappa shape index (κ3) is 37.6. The minimum absolute atomic E-state index is 0. The standard InChI is InChI=1S/C66H114N2.C17H22O7.Pd/c1-7-13-19-21-23-24-25-26-27-28-29-30-31-32-33-34-35-36-37-38-39-40-41-42-44-46-52-66(68-64-56-54-60(48-16-10-4)62(58-64)50-18-12-6)65(51-45-43-22-20-14-8-2)67-63-55-53-59(47-15-9-3)61(57-63)49-17-11-5;1-8-2-10-4-9(5-12(20)15(10)11(19)3-8)6-13(21)16(23)17(24)14(22)7-18;/h46,52-58H,7-45,47-51H2,1-6H3;2-5,13-14,16-24H,6-7H2,1H3;/p-2. The van der Waals surface area contributed by atoms with Crippen LogP contribution in [-0.4, -0.2) is 68.0 Å². The number of unbranched alkanes of at least 4 members (excludes halogenated alkanes) is 33. The number of rotatable bonds is 54. The Bertz CT molecular complexity index is 2600. The molecule has 4 aromatic carbocycles. The molecule has 4 aromatic rings. The molecule has 0 aromatic heterocycles. The molecule has 5 N–H and O–H groups in total. The minimum atomic E-state index is -1.73. The number of aliphatic hydroxyl groups is 5. The number of aliphatic imine (C=N–C) groups is 2. The second kappa shape index (κ2) is 55.3. The summed E-state index contributed by atoms with van der Waals surface area (Å²) in [5.41, 5.74) is 11.6. The van der Waals surface area contributed by atoms with E-state index in [2.05, 4.69) is 90.1 Å². The maximum atomic E-state index is 12.1. The van der Waals surface area contributed by atoms with Crippen LogP contribution in [0.4, 0.5) is 11.4 Å². The van der Waals surface area contributed by atoms with E-state index in [0.29, 0.717) is 16.5 Å². The number of aryl methyl sites for hydroxylation is 5. The first-order valence-electron chi connectivity index (χ1n) is 38.1. The van der Waals surface area contributed by atoms with Gasteiger partial charge in [-0.3, -0.25) is 4.99 Å². The largest absolute Gasteiger partial charge is 0.872 e. The van der Waals surface area contributed by atoms with Crippen molar-refractivity contribution >= 4 is 33.6 Å². The predicted octanol–water partition coefficient (Wildman–Crippen LogP) is 21.3. The van der Waals surface area contributed by atoms with Crippen LogP contribution in [0, 0.1) is 6.92 Å². The van der Waals surface area contributed by atoms with Crippen LogP contribution in [-0.2, 0) is 52.5 Å². The van der Waals surface area contributed by atoms with Crippen molar-refractivity contribution in [1.29, 1.82) is 0 Å². The van der Waals surface area contributed by atoms with Crippen molar-refractivity contribution in [1.82, 2.24) is 0 Å². The van der Waals surface area contributed by atoms with Gasteiger partial charge in [0.25, 0.3) is 0 Å². The fourth-order valence-corrected chi connectivity index (χ4v) is 12.7. The van der Waals surface area contributed by atoms with Gasteiger partial charge >= 0.3 is 0 Å². The number of hydrogen-bond donors (Lipinski definition) is 5. The van der Waals surface area contributed by atoms with Gasteiger partial charge in [-0.2, -0.15) is 0 Å². The molecule has 0 aliphatic carbocycles. The molecule has 4 unspecified atom stereocenters. The Morgan fingerprint density at radius 3 is 1.23 bits per heavy atom. The van der Waals surface area contributed by atoms with Crippen LogP contribution < -0.4 is 10.2 Å². The molecule has 0 fully saturated rings. The molecule has 0 saturated heterocycles. The third-order valence-corrected chi connectivity index (χ3v) is 18.6. The minimum Gasteiger partial charge on any atom is -0.872 e. The van der Waals surface area contributed by atoms with E-state index in [-0.39, 0.29) is 38.0 Å². The van der Waals surface area contributed by atoms with Crippen molar-refractivity contribution < 1.29 is 56.2 Å². The van der Waals surface area contributed by atoms with E-state index in [1.54, 1.807) is 19.1 Å². The third-order valence-electron chi connectivity index (χ3n) is 18.6.